The number of hydrogen-bond acceptors (Lipinski definition) is 5. The predicted octanol–water partition coefficient (Wildman–Crippen LogP) is 2.63. The highest BCUT2D eigenvalue weighted by Crippen LogP contribution is 2.35. The van der Waals surface area contributed by atoms with Gasteiger partial charge < -0.3 is 14.8 Å². The molecule has 1 fully saturated rings. The molecule has 8 heteroatoms. The maximum Gasteiger partial charge on any atom is 0.274 e. The Morgan fingerprint density at radius 1 is 1.03 bits per heavy atom. The van der Waals surface area contributed by atoms with Gasteiger partial charge in [0.25, 0.3) is 17.4 Å². The number of nitrogens with zero attached hydrogens (tertiary/aromatic N) is 4. The van der Waals surface area contributed by atoms with Gasteiger partial charge in [-0.15, -0.1) is 0 Å². The molecule has 1 N–H and O–H groups in total. The molecule has 2 aromatic heterocycles. The van der Waals surface area contributed by atoms with Crippen molar-refractivity contribution in [1.82, 2.24) is 14.5 Å². The smallest absolute Gasteiger partial charge is 0.274 e. The van der Waals surface area contributed by atoms with Gasteiger partial charge in [-0.3, -0.25) is 19.4 Å². The average molecular weight is 439 g/mol. The summed E-state index contributed by atoms with van der Waals surface area (Å²) in [6.07, 6.45) is 2.53. The second kappa shape index (κ2) is 8.36. The summed E-state index contributed by atoms with van der Waals surface area (Å²) in [4.78, 5) is 44.7. The third kappa shape index (κ3) is 3.89. The molecular weight excluding hydrogens is 418 g/mol. The highest BCUT2D eigenvalue weighted by atomic mass is 16.2. The number of benzene rings is 1. The molecule has 5 rings (SSSR count). The summed E-state index contributed by atoms with van der Waals surface area (Å²) in [6, 6.07) is 17.0. The van der Waals surface area contributed by atoms with E-state index < -0.39 is 5.91 Å². The molecule has 1 aromatic carbocycles. The van der Waals surface area contributed by atoms with Crippen LogP contribution < -0.4 is 10.9 Å². The standard InChI is InChI=1S/C25H21N5O3/c26-12-16-4-6-18(7-5-16)23(31)28-21-8-9-22-19-11-17(14-30(22)25(21)33)13-29(15-19)24(32)20-3-1-2-10-27-20/h1-10,17,19H,11,13-15H2,(H,28,31). The number of anilines is 1. The van der Waals surface area contributed by atoms with Crippen LogP contribution in [0.3, 0.4) is 0 Å². The maximum absolute atomic E-state index is 13.2. The number of rotatable bonds is 3. The lowest BCUT2D eigenvalue weighted by Gasteiger charge is -2.42. The van der Waals surface area contributed by atoms with E-state index in [2.05, 4.69) is 10.3 Å². The van der Waals surface area contributed by atoms with Crippen LogP contribution in [0.4, 0.5) is 5.69 Å². The normalized spacial score (nSPS) is 18.7. The van der Waals surface area contributed by atoms with Crippen molar-refractivity contribution >= 4 is 17.5 Å². The molecule has 1 saturated heterocycles. The first kappa shape index (κ1) is 20.6. The fraction of sp³-hybridized carbons (Fsp3) is 0.240. The zero-order chi connectivity index (χ0) is 22.9. The number of pyridine rings is 2. The number of nitrogens with one attached hydrogen (secondary N) is 1. The summed E-state index contributed by atoms with van der Waals surface area (Å²) in [5, 5.41) is 11.6. The lowest BCUT2D eigenvalue weighted by Crippen LogP contribution is -2.49. The molecule has 0 radical (unpaired) electrons. The number of likely N-dealkylation sites (tertiary alicyclic amines) is 1. The predicted molar refractivity (Wildman–Crippen MR) is 121 cm³/mol. The Kier molecular flexibility index (Phi) is 5.23. The lowest BCUT2D eigenvalue weighted by molar-refractivity contribution is 0.0588. The summed E-state index contributed by atoms with van der Waals surface area (Å²) in [7, 11) is 0. The van der Waals surface area contributed by atoms with Gasteiger partial charge in [0.1, 0.15) is 11.4 Å². The Hall–Kier alpha value is -4.25. The fourth-order valence-corrected chi connectivity index (χ4v) is 4.75. The van der Waals surface area contributed by atoms with Gasteiger partial charge in [0.2, 0.25) is 0 Å². The molecule has 0 spiro atoms. The molecule has 2 atom stereocenters. The van der Waals surface area contributed by atoms with Crippen LogP contribution in [0.5, 0.6) is 0 Å². The van der Waals surface area contributed by atoms with E-state index in [1.165, 1.54) is 0 Å². The minimum Gasteiger partial charge on any atom is -0.336 e. The number of carbonyl (C=O) groups excluding carboxylic acids is 2. The molecular formula is C25H21N5O3. The highest BCUT2D eigenvalue weighted by molar-refractivity contribution is 6.04. The van der Waals surface area contributed by atoms with Gasteiger partial charge in [0, 0.05) is 43.0 Å². The second-order valence-electron chi connectivity index (χ2n) is 8.45. The molecule has 2 aliphatic heterocycles. The van der Waals surface area contributed by atoms with Crippen LogP contribution in [0, 0.1) is 17.2 Å². The van der Waals surface area contributed by atoms with Crippen molar-refractivity contribution in [3.05, 3.63) is 93.7 Å². The third-order valence-electron chi connectivity index (χ3n) is 6.30. The number of amides is 2. The number of carbonyl (C=O) groups is 2. The molecule has 0 aliphatic carbocycles. The van der Waals surface area contributed by atoms with Gasteiger partial charge in [0.15, 0.2) is 0 Å². The Balaban J connectivity index is 1.36. The van der Waals surface area contributed by atoms with Gasteiger partial charge in [-0.2, -0.15) is 5.26 Å². The van der Waals surface area contributed by atoms with Crippen LogP contribution in [0.2, 0.25) is 0 Å². The van der Waals surface area contributed by atoms with Crippen LogP contribution >= 0.6 is 0 Å². The first-order valence-corrected chi connectivity index (χ1v) is 10.8. The summed E-state index contributed by atoms with van der Waals surface area (Å²) in [5.41, 5.74) is 2.12. The minimum atomic E-state index is -0.403. The minimum absolute atomic E-state index is 0.0566. The largest absolute Gasteiger partial charge is 0.336 e. The molecule has 33 heavy (non-hydrogen) atoms. The monoisotopic (exact) mass is 439 g/mol. The number of aromatic nitrogens is 2. The molecule has 2 unspecified atom stereocenters. The molecule has 8 nitrogen and oxygen atoms in total. The first-order chi connectivity index (χ1) is 16.0. The number of piperidine rings is 1. The van der Waals surface area contributed by atoms with Crippen LogP contribution in [0.15, 0.2) is 65.6 Å². The fourth-order valence-electron chi connectivity index (χ4n) is 4.75. The van der Waals surface area contributed by atoms with Crippen LogP contribution in [-0.2, 0) is 6.54 Å². The molecule has 164 valence electrons. The van der Waals surface area contributed by atoms with Crippen molar-refractivity contribution in [2.24, 2.45) is 5.92 Å². The van der Waals surface area contributed by atoms with Crippen molar-refractivity contribution in [1.29, 1.82) is 5.26 Å². The van der Waals surface area contributed by atoms with Crippen molar-refractivity contribution < 1.29 is 9.59 Å². The topological polar surface area (TPSA) is 108 Å². The quantitative estimate of drug-likeness (QED) is 0.675. The molecule has 2 aliphatic rings. The van der Waals surface area contributed by atoms with Gasteiger partial charge in [0.05, 0.1) is 11.6 Å². The SMILES string of the molecule is N#Cc1ccc(C(=O)Nc2ccc3n(c2=O)CC2CC3CN(C(=O)c3ccccn3)C2)cc1. The third-order valence-corrected chi connectivity index (χ3v) is 6.30. The van der Waals surface area contributed by atoms with Crippen molar-refractivity contribution in [3.8, 4) is 6.07 Å². The van der Waals surface area contributed by atoms with Crippen molar-refractivity contribution in [2.45, 2.75) is 18.9 Å². The van der Waals surface area contributed by atoms with Gasteiger partial charge in [-0.25, -0.2) is 0 Å². The van der Waals surface area contributed by atoms with E-state index in [4.69, 9.17) is 5.26 Å². The van der Waals surface area contributed by atoms with Crippen molar-refractivity contribution in [3.63, 3.8) is 0 Å². The van der Waals surface area contributed by atoms with Crippen LogP contribution in [0.1, 0.15) is 44.4 Å². The maximum atomic E-state index is 13.2. The number of fused-ring (bicyclic) bond motifs is 4. The van der Waals surface area contributed by atoms with Crippen molar-refractivity contribution in [2.75, 3.05) is 18.4 Å². The molecule has 2 bridgehead atoms. The van der Waals surface area contributed by atoms with E-state index in [1.807, 2.05) is 17.0 Å². The Morgan fingerprint density at radius 2 is 1.85 bits per heavy atom. The molecule has 0 saturated carbocycles. The molecule has 4 heterocycles. The highest BCUT2D eigenvalue weighted by Gasteiger charge is 2.37. The summed E-state index contributed by atoms with van der Waals surface area (Å²) < 4.78 is 1.73. The van der Waals surface area contributed by atoms with E-state index in [1.54, 1.807) is 59.3 Å². The van der Waals surface area contributed by atoms with E-state index >= 15 is 0 Å². The Labute approximate surface area is 190 Å². The first-order valence-electron chi connectivity index (χ1n) is 10.8. The van der Waals surface area contributed by atoms with Gasteiger partial charge in [-0.05, 0) is 60.9 Å². The zero-order valence-electron chi connectivity index (χ0n) is 17.8. The van der Waals surface area contributed by atoms with E-state index in [0.717, 1.165) is 12.1 Å². The van der Waals surface area contributed by atoms with E-state index in [0.29, 0.717) is 36.5 Å². The molecule has 3 aromatic rings. The second-order valence-corrected chi connectivity index (χ2v) is 8.45. The zero-order valence-corrected chi connectivity index (χ0v) is 17.8. The van der Waals surface area contributed by atoms with E-state index in [9.17, 15) is 14.4 Å². The molecule has 2 amide bonds. The summed E-state index contributed by atoms with van der Waals surface area (Å²) in [6.45, 7) is 1.60. The Morgan fingerprint density at radius 3 is 2.58 bits per heavy atom. The summed E-state index contributed by atoms with van der Waals surface area (Å²) >= 11 is 0. The van der Waals surface area contributed by atoms with Crippen LogP contribution in [-0.4, -0.2) is 39.4 Å². The van der Waals surface area contributed by atoms with E-state index in [-0.39, 0.29) is 29.0 Å². The lowest BCUT2D eigenvalue weighted by atomic mass is 9.83. The van der Waals surface area contributed by atoms with Gasteiger partial charge >= 0.3 is 0 Å². The number of hydrogen-bond donors (Lipinski definition) is 1. The Bertz CT molecular complexity index is 1320. The van der Waals surface area contributed by atoms with Crippen LogP contribution in [0.25, 0.3) is 0 Å². The average Bonchev–Trinajstić information content (AvgIpc) is 2.86. The summed E-state index contributed by atoms with van der Waals surface area (Å²) in [5.74, 6) is -0.278. The van der Waals surface area contributed by atoms with Gasteiger partial charge in [-0.1, -0.05) is 6.07 Å². The number of nitriles is 1.